The van der Waals surface area contributed by atoms with Gasteiger partial charge in [0.25, 0.3) is 11.8 Å². The van der Waals surface area contributed by atoms with Crippen molar-refractivity contribution in [3.05, 3.63) is 196 Å². The molecule has 2 amide bonds. The maximum absolute atomic E-state index is 14.2. The van der Waals surface area contributed by atoms with Crippen molar-refractivity contribution in [3.63, 3.8) is 0 Å². The van der Waals surface area contributed by atoms with Gasteiger partial charge in [-0.1, -0.05) is 75.2 Å². The number of rotatable bonds is 12. The predicted octanol–water partition coefficient (Wildman–Crippen LogP) is 12.9. The van der Waals surface area contributed by atoms with E-state index < -0.39 is 11.9 Å². The van der Waals surface area contributed by atoms with E-state index in [1.165, 1.54) is 33.8 Å². The van der Waals surface area contributed by atoms with Crippen LogP contribution in [0.2, 0.25) is 0 Å². The van der Waals surface area contributed by atoms with Crippen molar-refractivity contribution in [2.45, 2.75) is 52.4 Å². The van der Waals surface area contributed by atoms with E-state index in [2.05, 4.69) is 38.1 Å². The summed E-state index contributed by atoms with van der Waals surface area (Å²) in [5.74, 6) is -0.484. The Kier molecular flexibility index (Phi) is 12.8. The molecule has 4 aromatic heterocycles. The van der Waals surface area contributed by atoms with Gasteiger partial charge in [-0.3, -0.25) is 19.4 Å². The second kappa shape index (κ2) is 19.1. The van der Waals surface area contributed by atoms with E-state index in [0.29, 0.717) is 22.7 Å². The number of aryl methyl sites for hydroxylation is 2. The van der Waals surface area contributed by atoms with Crippen molar-refractivity contribution in [1.29, 1.82) is 0 Å². The first-order valence-electron chi connectivity index (χ1n) is 21.1. The van der Waals surface area contributed by atoms with Crippen LogP contribution >= 0.6 is 45.3 Å². The zero-order chi connectivity index (χ0) is 44.2. The summed E-state index contributed by atoms with van der Waals surface area (Å²) >= 11 is 6.11. The van der Waals surface area contributed by atoms with Gasteiger partial charge in [0.15, 0.2) is 0 Å². The van der Waals surface area contributed by atoms with Crippen LogP contribution in [0.15, 0.2) is 165 Å². The van der Waals surface area contributed by atoms with E-state index in [1.54, 1.807) is 44.6 Å². The second-order valence-electron chi connectivity index (χ2n) is 15.2. The predicted molar refractivity (Wildman–Crippen MR) is 260 cm³/mol. The van der Waals surface area contributed by atoms with Crippen LogP contribution in [0.25, 0.3) is 22.9 Å². The Morgan fingerprint density at radius 2 is 0.797 bits per heavy atom. The van der Waals surface area contributed by atoms with Gasteiger partial charge in [0.2, 0.25) is 0 Å². The van der Waals surface area contributed by atoms with Gasteiger partial charge in [-0.25, -0.2) is 9.59 Å². The molecule has 10 rings (SSSR count). The highest BCUT2D eigenvalue weighted by Gasteiger charge is 2.39. The van der Waals surface area contributed by atoms with Crippen LogP contribution in [0.4, 0.5) is 11.4 Å². The number of hydrogen-bond acceptors (Lipinski definition) is 10. The molecule has 0 saturated heterocycles. The molecule has 12 heteroatoms. The minimum absolute atomic E-state index is 0.179. The average molecular weight is 919 g/mol. The first-order chi connectivity index (χ1) is 31.3. The highest BCUT2D eigenvalue weighted by atomic mass is 32.1. The Balaban J connectivity index is 0.000000197. The lowest BCUT2D eigenvalue weighted by atomic mass is 10.1. The van der Waals surface area contributed by atoms with Crippen molar-refractivity contribution in [3.8, 4) is 0 Å². The van der Waals surface area contributed by atoms with E-state index >= 15 is 0 Å². The van der Waals surface area contributed by atoms with Crippen LogP contribution in [0.3, 0.4) is 0 Å². The zero-order valence-corrected chi connectivity index (χ0v) is 38.3. The summed E-state index contributed by atoms with van der Waals surface area (Å²) in [6.07, 6.45) is 13.6. The molecule has 0 fully saturated rings. The number of cyclic esters (lactones) is 2. The molecule has 8 heterocycles. The van der Waals surface area contributed by atoms with Crippen LogP contribution in [0, 0.1) is 0 Å². The van der Waals surface area contributed by atoms with Crippen LogP contribution in [-0.4, -0.2) is 23.8 Å². The zero-order valence-electron chi connectivity index (χ0n) is 35.1. The van der Waals surface area contributed by atoms with E-state index in [4.69, 9.17) is 9.47 Å². The average Bonchev–Trinajstić information content (AvgIpc) is 4.16. The van der Waals surface area contributed by atoms with Gasteiger partial charge in [0.1, 0.15) is 11.5 Å². The third-order valence-electron chi connectivity index (χ3n) is 11.0. The molecule has 0 unspecified atom stereocenters. The fourth-order valence-electron chi connectivity index (χ4n) is 7.69. The van der Waals surface area contributed by atoms with Gasteiger partial charge in [-0.2, -0.15) is 0 Å². The van der Waals surface area contributed by atoms with Crippen LogP contribution < -0.4 is 9.80 Å². The molecule has 320 valence electrons. The SMILES string of the molecule is CCCCc1ccc(N2C(=O)/C(=C3\C=C(c4cccs4)N(c4ccc(CCCC)cc4)C3=O)C=C2c2cccs2)cc1.O=C1OC(c2cccs2)=C/C1=C1/C=C(c2cccs2)OC1=O. The minimum atomic E-state index is -0.529. The quantitative estimate of drug-likeness (QED) is 0.0897. The lowest BCUT2D eigenvalue weighted by Crippen LogP contribution is -2.28. The Morgan fingerprint density at radius 3 is 1.12 bits per heavy atom. The molecule has 8 nitrogen and oxygen atoms in total. The summed E-state index contributed by atoms with van der Waals surface area (Å²) in [7, 11) is 0. The molecule has 0 saturated carbocycles. The molecular weight excluding hydrogens is 877 g/mol. The van der Waals surface area contributed by atoms with Gasteiger partial charge in [0.05, 0.1) is 53.2 Å². The monoisotopic (exact) mass is 918 g/mol. The van der Waals surface area contributed by atoms with E-state index in [1.807, 2.05) is 106 Å². The molecule has 0 radical (unpaired) electrons. The standard InChI is InChI=1S/C36H34N2O2S2.C16H8O4S2/c1-3-5-9-25-13-17-27(18-14-25)37-31(33-11-7-21-41-33)23-29(35(37)39)30-24-32(34-12-8-22-42-34)38(36(30)40)28-19-15-26(16-20-28)10-6-4-2;17-15-9(7-11(19-15)13-3-1-5-21-13)10-8-12(20-16(10)18)14-4-2-6-22-14/h7-8,11-24H,3-6,9-10H2,1-2H3;1-8H/b30-29+;10-9+. The Morgan fingerprint density at radius 1 is 0.438 bits per heavy atom. The lowest BCUT2D eigenvalue weighted by molar-refractivity contribution is -0.133. The van der Waals surface area contributed by atoms with Crippen molar-refractivity contribution in [2.24, 2.45) is 0 Å². The fourth-order valence-corrected chi connectivity index (χ4v) is 10.5. The number of anilines is 2. The molecule has 2 aromatic carbocycles. The first-order valence-corrected chi connectivity index (χ1v) is 24.6. The first kappa shape index (κ1) is 42.8. The topological polar surface area (TPSA) is 93.2 Å². The lowest BCUT2D eigenvalue weighted by Gasteiger charge is -2.21. The smallest absolute Gasteiger partial charge is 0.344 e. The number of carbonyl (C=O) groups is 4. The number of thiophene rings is 4. The van der Waals surface area contributed by atoms with Crippen LogP contribution in [0.1, 0.15) is 70.2 Å². The number of ether oxygens (including phenoxy) is 2. The van der Waals surface area contributed by atoms with Crippen molar-refractivity contribution >= 4 is 103 Å². The summed E-state index contributed by atoms with van der Waals surface area (Å²) in [5, 5.41) is 7.82. The number of hydrogen-bond donors (Lipinski definition) is 0. The van der Waals surface area contributed by atoms with Gasteiger partial charge in [-0.05, 0) is 131 Å². The Labute approximate surface area is 387 Å². The molecule has 0 spiro atoms. The normalized spacial score (nSPS) is 18.2. The second-order valence-corrected chi connectivity index (χ2v) is 19.0. The Bertz CT molecular complexity index is 2700. The fraction of sp³-hybridized carbons (Fsp3) is 0.154. The Hall–Kier alpha value is -6.44. The molecule has 0 N–H and O–H groups in total. The summed E-state index contributed by atoms with van der Waals surface area (Å²) < 4.78 is 10.5. The molecule has 0 atom stereocenters. The number of carbonyl (C=O) groups excluding carboxylic acids is 4. The third-order valence-corrected chi connectivity index (χ3v) is 14.5. The summed E-state index contributed by atoms with van der Waals surface area (Å²) in [4.78, 5) is 59.7. The molecule has 6 aromatic rings. The molecule has 4 aliphatic rings. The molecule has 0 bridgehead atoms. The number of nitrogens with zero attached hydrogens (tertiary/aromatic N) is 2. The summed E-state index contributed by atoms with van der Waals surface area (Å²) in [6.45, 7) is 4.38. The maximum atomic E-state index is 14.2. The number of amides is 2. The highest BCUT2D eigenvalue weighted by Crippen LogP contribution is 2.43. The number of unbranched alkanes of at least 4 members (excludes halogenated alkanes) is 2. The van der Waals surface area contributed by atoms with Crippen LogP contribution in [0.5, 0.6) is 0 Å². The molecule has 4 aliphatic heterocycles. The van der Waals surface area contributed by atoms with Crippen molar-refractivity contribution < 1.29 is 28.7 Å². The summed E-state index contributed by atoms with van der Waals surface area (Å²) in [5.41, 5.74) is 7.07. The van der Waals surface area contributed by atoms with E-state index in [-0.39, 0.29) is 23.0 Å². The molecule has 0 aliphatic carbocycles. The third kappa shape index (κ3) is 8.74. The van der Waals surface area contributed by atoms with Crippen molar-refractivity contribution in [2.75, 3.05) is 9.80 Å². The summed E-state index contributed by atoms with van der Waals surface area (Å²) in [6, 6.07) is 32.0. The highest BCUT2D eigenvalue weighted by molar-refractivity contribution is 7.12. The maximum Gasteiger partial charge on any atom is 0.344 e. The molecular formula is C52H42N2O6S4. The van der Waals surface area contributed by atoms with Crippen molar-refractivity contribution in [1.82, 2.24) is 0 Å². The largest absolute Gasteiger partial charge is 0.421 e. The van der Waals surface area contributed by atoms with Gasteiger partial charge in [-0.15, -0.1) is 45.3 Å². The van der Waals surface area contributed by atoms with E-state index in [9.17, 15) is 19.2 Å². The number of esters is 2. The van der Waals surface area contributed by atoms with Gasteiger partial charge >= 0.3 is 11.9 Å². The van der Waals surface area contributed by atoms with Gasteiger partial charge in [0, 0.05) is 11.4 Å². The van der Waals surface area contributed by atoms with E-state index in [0.717, 1.165) is 80.8 Å². The minimum Gasteiger partial charge on any atom is -0.421 e. The number of benzene rings is 2. The van der Waals surface area contributed by atoms with Crippen LogP contribution in [-0.2, 0) is 41.5 Å². The molecule has 64 heavy (non-hydrogen) atoms. The van der Waals surface area contributed by atoms with Gasteiger partial charge < -0.3 is 9.47 Å².